The van der Waals surface area contributed by atoms with Gasteiger partial charge in [-0.25, -0.2) is 0 Å². The van der Waals surface area contributed by atoms with Crippen LogP contribution in [0.15, 0.2) is 37.4 Å². The van der Waals surface area contributed by atoms with E-state index < -0.39 is 0 Å². The first-order chi connectivity index (χ1) is 8.60. The van der Waals surface area contributed by atoms with Gasteiger partial charge in [-0.3, -0.25) is 4.79 Å². The van der Waals surface area contributed by atoms with E-state index >= 15 is 0 Å². The van der Waals surface area contributed by atoms with E-state index in [0.29, 0.717) is 35.3 Å². The quantitative estimate of drug-likeness (QED) is 0.558. The van der Waals surface area contributed by atoms with Gasteiger partial charge in [-0.15, -0.1) is 0 Å². The van der Waals surface area contributed by atoms with Crippen molar-refractivity contribution in [2.24, 2.45) is 0 Å². The lowest BCUT2D eigenvalue weighted by Gasteiger charge is -2.12. The minimum absolute atomic E-state index is 0.119. The highest BCUT2D eigenvalue weighted by Crippen LogP contribution is 2.33. The summed E-state index contributed by atoms with van der Waals surface area (Å²) in [6.45, 7) is 9.21. The maximum Gasteiger partial charge on any atom is 0.163 e. The lowest BCUT2D eigenvalue weighted by Crippen LogP contribution is -2.03. The number of hydrogen-bond donors (Lipinski definition) is 0. The number of ether oxygens (including phenoxy) is 2. The highest BCUT2D eigenvalue weighted by atomic mass is 35.5. The molecule has 0 aromatic heterocycles. The molecule has 18 heavy (non-hydrogen) atoms. The van der Waals surface area contributed by atoms with Gasteiger partial charge in [-0.2, -0.15) is 0 Å². The first-order valence-corrected chi connectivity index (χ1v) is 5.79. The molecule has 96 valence electrons. The molecule has 0 spiro atoms. The van der Waals surface area contributed by atoms with Crippen molar-refractivity contribution in [3.8, 4) is 11.5 Å². The molecule has 0 amide bonds. The van der Waals surface area contributed by atoms with Crippen LogP contribution in [0.25, 0.3) is 0 Å². The Hall–Kier alpha value is -1.74. The molecule has 0 unspecified atom stereocenters. The van der Waals surface area contributed by atoms with E-state index in [1.807, 2.05) is 0 Å². The smallest absolute Gasteiger partial charge is 0.163 e. The molecule has 3 nitrogen and oxygen atoms in total. The van der Waals surface area contributed by atoms with Crippen LogP contribution in [0.2, 0.25) is 5.02 Å². The van der Waals surface area contributed by atoms with Crippen molar-refractivity contribution in [2.45, 2.75) is 6.92 Å². The highest BCUT2D eigenvalue weighted by Gasteiger charge is 2.13. The summed E-state index contributed by atoms with van der Waals surface area (Å²) < 4.78 is 10.8. The van der Waals surface area contributed by atoms with E-state index in [-0.39, 0.29) is 5.78 Å². The molecule has 0 heterocycles. The van der Waals surface area contributed by atoms with Gasteiger partial charge in [0, 0.05) is 6.07 Å². The summed E-state index contributed by atoms with van der Waals surface area (Å²) in [4.78, 5) is 11.5. The summed E-state index contributed by atoms with van der Waals surface area (Å²) >= 11 is 6.03. The Bertz CT molecular complexity index is 466. The summed E-state index contributed by atoms with van der Waals surface area (Å²) in [6, 6.07) is 3.15. The standard InChI is InChI=1S/C14H15ClO3/c1-4-6-17-13-9-14(18-7-5-2)12(15)8-11(13)10(3)16/h4-5,8-9H,1-2,6-7H2,3H3. The van der Waals surface area contributed by atoms with Crippen molar-refractivity contribution >= 4 is 17.4 Å². The molecule has 1 aromatic carbocycles. The van der Waals surface area contributed by atoms with Crippen molar-refractivity contribution in [1.82, 2.24) is 0 Å². The van der Waals surface area contributed by atoms with Crippen LogP contribution in [0.5, 0.6) is 11.5 Å². The topological polar surface area (TPSA) is 35.5 Å². The van der Waals surface area contributed by atoms with E-state index in [1.54, 1.807) is 24.3 Å². The SMILES string of the molecule is C=CCOc1cc(OCC=C)c(C(C)=O)cc1Cl. The fourth-order valence-electron chi connectivity index (χ4n) is 1.34. The normalized spacial score (nSPS) is 9.67. The molecule has 0 aliphatic rings. The van der Waals surface area contributed by atoms with Crippen LogP contribution in [0, 0.1) is 0 Å². The fraction of sp³-hybridized carbons (Fsp3) is 0.214. The molecule has 0 aliphatic carbocycles. The molecule has 4 heteroatoms. The molecule has 0 radical (unpaired) electrons. The number of ketones is 1. The molecule has 1 rings (SSSR count). The number of carbonyl (C=O) groups excluding carboxylic acids is 1. The lowest BCUT2D eigenvalue weighted by atomic mass is 10.1. The van der Waals surface area contributed by atoms with Gasteiger partial charge >= 0.3 is 0 Å². The summed E-state index contributed by atoms with van der Waals surface area (Å²) in [7, 11) is 0. The summed E-state index contributed by atoms with van der Waals surface area (Å²) in [5.41, 5.74) is 0.424. The van der Waals surface area contributed by atoms with E-state index in [4.69, 9.17) is 21.1 Å². The number of Topliss-reactive ketones (excluding diaryl/α,β-unsaturated/α-hetero) is 1. The average molecular weight is 267 g/mol. The monoisotopic (exact) mass is 266 g/mol. The predicted molar refractivity (Wildman–Crippen MR) is 72.8 cm³/mol. The maximum absolute atomic E-state index is 11.5. The molecular formula is C14H15ClO3. The number of hydrogen-bond acceptors (Lipinski definition) is 3. The summed E-state index contributed by atoms with van der Waals surface area (Å²) in [6.07, 6.45) is 3.21. The molecule has 1 aromatic rings. The predicted octanol–water partition coefficient (Wildman–Crippen LogP) is 3.67. The Morgan fingerprint density at radius 2 is 1.78 bits per heavy atom. The first kappa shape index (κ1) is 14.3. The molecular weight excluding hydrogens is 252 g/mol. The molecule has 0 saturated carbocycles. The molecule has 0 bridgehead atoms. The Labute approximate surface area is 112 Å². The number of benzene rings is 1. The van der Waals surface area contributed by atoms with Gasteiger partial charge in [0.15, 0.2) is 5.78 Å². The van der Waals surface area contributed by atoms with Crippen molar-refractivity contribution in [1.29, 1.82) is 0 Å². The van der Waals surface area contributed by atoms with Gasteiger partial charge in [-0.1, -0.05) is 36.9 Å². The molecule has 0 atom stereocenters. The van der Waals surface area contributed by atoms with E-state index in [2.05, 4.69) is 13.2 Å². The van der Waals surface area contributed by atoms with Crippen molar-refractivity contribution in [2.75, 3.05) is 13.2 Å². The van der Waals surface area contributed by atoms with Gasteiger partial charge in [0.1, 0.15) is 24.7 Å². The minimum atomic E-state index is -0.119. The van der Waals surface area contributed by atoms with Crippen LogP contribution in [-0.2, 0) is 0 Å². The largest absolute Gasteiger partial charge is 0.489 e. The minimum Gasteiger partial charge on any atom is -0.489 e. The molecule has 0 fully saturated rings. The number of rotatable bonds is 7. The van der Waals surface area contributed by atoms with Crippen LogP contribution in [0.1, 0.15) is 17.3 Å². The Balaban J connectivity index is 3.12. The fourth-order valence-corrected chi connectivity index (χ4v) is 1.56. The van der Waals surface area contributed by atoms with Gasteiger partial charge in [0.2, 0.25) is 0 Å². The molecule has 0 aliphatic heterocycles. The Morgan fingerprint density at radius 1 is 1.22 bits per heavy atom. The van der Waals surface area contributed by atoms with Crippen LogP contribution in [0.3, 0.4) is 0 Å². The Morgan fingerprint density at radius 3 is 2.28 bits per heavy atom. The van der Waals surface area contributed by atoms with Crippen molar-refractivity contribution in [3.05, 3.63) is 48.0 Å². The zero-order chi connectivity index (χ0) is 13.5. The summed E-state index contributed by atoms with van der Waals surface area (Å²) in [5, 5.41) is 0.369. The van der Waals surface area contributed by atoms with E-state index in [9.17, 15) is 4.79 Å². The van der Waals surface area contributed by atoms with Crippen LogP contribution < -0.4 is 9.47 Å². The van der Waals surface area contributed by atoms with Gasteiger partial charge in [0.05, 0.1) is 10.6 Å². The van der Waals surface area contributed by atoms with Crippen LogP contribution in [0.4, 0.5) is 0 Å². The van der Waals surface area contributed by atoms with Gasteiger partial charge in [0.25, 0.3) is 0 Å². The van der Waals surface area contributed by atoms with E-state index in [0.717, 1.165) is 0 Å². The molecule has 0 saturated heterocycles. The third-order valence-electron chi connectivity index (χ3n) is 2.13. The van der Waals surface area contributed by atoms with E-state index in [1.165, 1.54) is 6.92 Å². The Kier molecular flexibility index (Phi) is 5.46. The molecule has 0 N–H and O–H groups in total. The van der Waals surface area contributed by atoms with Gasteiger partial charge < -0.3 is 9.47 Å². The highest BCUT2D eigenvalue weighted by molar-refractivity contribution is 6.32. The second kappa shape index (κ2) is 6.87. The third kappa shape index (κ3) is 3.64. The second-order valence-electron chi connectivity index (χ2n) is 3.53. The van der Waals surface area contributed by atoms with Crippen LogP contribution in [-0.4, -0.2) is 19.0 Å². The maximum atomic E-state index is 11.5. The average Bonchev–Trinajstić information content (AvgIpc) is 2.35. The zero-order valence-electron chi connectivity index (χ0n) is 10.2. The number of carbonyl (C=O) groups is 1. The second-order valence-corrected chi connectivity index (χ2v) is 3.94. The summed E-state index contributed by atoms with van der Waals surface area (Å²) in [5.74, 6) is 0.776. The third-order valence-corrected chi connectivity index (χ3v) is 2.42. The van der Waals surface area contributed by atoms with Crippen LogP contribution >= 0.6 is 11.6 Å². The van der Waals surface area contributed by atoms with Crippen molar-refractivity contribution < 1.29 is 14.3 Å². The van der Waals surface area contributed by atoms with Crippen molar-refractivity contribution in [3.63, 3.8) is 0 Å². The lowest BCUT2D eigenvalue weighted by molar-refractivity contribution is 0.101. The van der Waals surface area contributed by atoms with Gasteiger partial charge in [-0.05, 0) is 13.0 Å². The zero-order valence-corrected chi connectivity index (χ0v) is 11.0. The first-order valence-electron chi connectivity index (χ1n) is 5.42. The number of halogens is 1.